The zero-order valence-electron chi connectivity index (χ0n) is 18.0. The number of aromatic nitrogens is 2. The van der Waals surface area contributed by atoms with E-state index in [1.807, 2.05) is 12.1 Å². The van der Waals surface area contributed by atoms with Gasteiger partial charge in [-0.2, -0.15) is 0 Å². The van der Waals surface area contributed by atoms with Gasteiger partial charge in [-0.15, -0.1) is 0 Å². The molecular formula is C23H23N3O6. The summed E-state index contributed by atoms with van der Waals surface area (Å²) in [6.45, 7) is 0.184. The molecule has 4 rings (SSSR count). The van der Waals surface area contributed by atoms with Crippen molar-refractivity contribution >= 4 is 17.6 Å². The van der Waals surface area contributed by atoms with Gasteiger partial charge in [0.25, 0.3) is 0 Å². The van der Waals surface area contributed by atoms with E-state index in [-0.39, 0.29) is 18.9 Å². The first-order valence-electron chi connectivity index (χ1n) is 9.95. The maximum atomic E-state index is 12.9. The number of carbonyl (C=O) groups is 2. The minimum absolute atomic E-state index is 0.0444. The largest absolute Gasteiger partial charge is 0.493 e. The van der Waals surface area contributed by atoms with E-state index < -0.39 is 11.9 Å². The number of rotatable bonds is 7. The normalized spacial score (nSPS) is 15.5. The lowest BCUT2D eigenvalue weighted by atomic mass is 10.1. The number of esters is 1. The van der Waals surface area contributed by atoms with Crippen LogP contribution in [0.15, 0.2) is 55.1 Å². The molecule has 2 heterocycles. The summed E-state index contributed by atoms with van der Waals surface area (Å²) >= 11 is 0. The van der Waals surface area contributed by atoms with E-state index in [4.69, 9.17) is 18.9 Å². The third-order valence-corrected chi connectivity index (χ3v) is 5.28. The van der Waals surface area contributed by atoms with Gasteiger partial charge in [0, 0.05) is 37.5 Å². The van der Waals surface area contributed by atoms with Crippen LogP contribution in [0.1, 0.15) is 6.42 Å². The zero-order valence-corrected chi connectivity index (χ0v) is 18.0. The van der Waals surface area contributed by atoms with Crippen LogP contribution in [0.25, 0.3) is 5.69 Å². The van der Waals surface area contributed by atoms with E-state index >= 15 is 0 Å². The Bertz CT molecular complexity index is 1100. The highest BCUT2D eigenvalue weighted by Crippen LogP contribution is 2.42. The fourth-order valence-corrected chi connectivity index (χ4v) is 3.69. The lowest BCUT2D eigenvalue weighted by Gasteiger charge is -2.20. The molecular weight excluding hydrogens is 414 g/mol. The minimum atomic E-state index is -0.613. The fourth-order valence-electron chi connectivity index (χ4n) is 3.69. The van der Waals surface area contributed by atoms with Gasteiger partial charge in [-0.3, -0.25) is 9.59 Å². The van der Waals surface area contributed by atoms with E-state index in [9.17, 15) is 9.59 Å². The number of nitrogens with zero attached hydrogens (tertiary/aromatic N) is 3. The number of anilines is 1. The van der Waals surface area contributed by atoms with Crippen LogP contribution in [-0.4, -0.2) is 49.3 Å². The standard InChI is InChI=1S/C23H23N3O6/c1-29-19-11-16(12-20(30-2)22(19)31-3)26-13-15(10-21(26)27)23(28)32-18-7-5-4-6-17(18)25-9-8-24-14-25/h4-9,11-12,14-15H,10,13H2,1-3H3. The Morgan fingerprint density at radius 2 is 1.75 bits per heavy atom. The molecule has 32 heavy (non-hydrogen) atoms. The smallest absolute Gasteiger partial charge is 0.316 e. The third kappa shape index (κ3) is 3.96. The molecule has 9 heteroatoms. The van der Waals surface area contributed by atoms with Crippen LogP contribution in [-0.2, 0) is 9.59 Å². The Kier molecular flexibility index (Phi) is 5.98. The first kappa shape index (κ1) is 21.2. The molecule has 0 spiro atoms. The van der Waals surface area contributed by atoms with Gasteiger partial charge in [0.1, 0.15) is 0 Å². The molecule has 1 saturated heterocycles. The van der Waals surface area contributed by atoms with Crippen LogP contribution < -0.4 is 23.8 Å². The molecule has 1 amide bonds. The van der Waals surface area contributed by atoms with Crippen LogP contribution in [0, 0.1) is 5.92 Å². The number of methoxy groups -OCH3 is 3. The van der Waals surface area contributed by atoms with E-state index in [1.165, 1.54) is 26.2 Å². The van der Waals surface area contributed by atoms with Crippen LogP contribution in [0.4, 0.5) is 5.69 Å². The average molecular weight is 437 g/mol. The SMILES string of the molecule is COc1cc(N2CC(C(=O)Oc3ccccc3-n3ccnc3)CC2=O)cc(OC)c1OC. The molecule has 1 aliphatic heterocycles. The number of imidazole rings is 1. The molecule has 2 aromatic carbocycles. The Balaban J connectivity index is 1.54. The van der Waals surface area contributed by atoms with Gasteiger partial charge in [0.05, 0.1) is 44.9 Å². The molecule has 0 aliphatic carbocycles. The molecule has 3 aromatic rings. The summed E-state index contributed by atoms with van der Waals surface area (Å²) in [6, 6.07) is 10.5. The fraction of sp³-hybridized carbons (Fsp3) is 0.261. The third-order valence-electron chi connectivity index (χ3n) is 5.28. The summed E-state index contributed by atoms with van der Waals surface area (Å²) in [5.41, 5.74) is 1.24. The molecule has 1 atom stereocenters. The van der Waals surface area contributed by atoms with Crippen molar-refractivity contribution in [3.63, 3.8) is 0 Å². The van der Waals surface area contributed by atoms with E-state index in [0.717, 1.165) is 0 Å². The highest BCUT2D eigenvalue weighted by atomic mass is 16.5. The van der Waals surface area contributed by atoms with Crippen molar-refractivity contribution in [3.05, 3.63) is 55.1 Å². The number of amides is 1. The number of hydrogen-bond donors (Lipinski definition) is 0. The van der Waals surface area contributed by atoms with Gasteiger partial charge in [0.15, 0.2) is 17.2 Å². The van der Waals surface area contributed by atoms with Gasteiger partial charge in [-0.1, -0.05) is 12.1 Å². The van der Waals surface area contributed by atoms with Crippen molar-refractivity contribution in [2.45, 2.75) is 6.42 Å². The number of benzene rings is 2. The Labute approximate surface area is 185 Å². The van der Waals surface area contributed by atoms with Gasteiger partial charge < -0.3 is 28.4 Å². The van der Waals surface area contributed by atoms with E-state index in [1.54, 1.807) is 47.6 Å². The van der Waals surface area contributed by atoms with Crippen molar-refractivity contribution in [2.75, 3.05) is 32.8 Å². The van der Waals surface area contributed by atoms with E-state index in [0.29, 0.717) is 34.4 Å². The summed E-state index contributed by atoms with van der Waals surface area (Å²) in [7, 11) is 4.52. The number of carbonyl (C=O) groups excluding carboxylic acids is 2. The summed E-state index contributed by atoms with van der Waals surface area (Å²) in [4.78, 5) is 31.2. The average Bonchev–Trinajstić information content (AvgIpc) is 3.48. The van der Waals surface area contributed by atoms with Gasteiger partial charge in [-0.25, -0.2) is 4.98 Å². The Morgan fingerprint density at radius 1 is 1.03 bits per heavy atom. The quantitative estimate of drug-likeness (QED) is 0.415. The van der Waals surface area contributed by atoms with Crippen molar-refractivity contribution in [3.8, 4) is 28.7 Å². The van der Waals surface area contributed by atoms with Crippen molar-refractivity contribution in [1.29, 1.82) is 0 Å². The predicted octanol–water partition coefficient (Wildman–Crippen LogP) is 2.86. The molecule has 1 aliphatic rings. The van der Waals surface area contributed by atoms with Crippen molar-refractivity contribution in [1.82, 2.24) is 9.55 Å². The van der Waals surface area contributed by atoms with Crippen LogP contribution in [0.2, 0.25) is 0 Å². The van der Waals surface area contributed by atoms with Gasteiger partial charge in [-0.05, 0) is 12.1 Å². The maximum Gasteiger partial charge on any atom is 0.316 e. The topological polar surface area (TPSA) is 92.1 Å². The van der Waals surface area contributed by atoms with Gasteiger partial charge >= 0.3 is 5.97 Å². The Morgan fingerprint density at radius 3 is 2.38 bits per heavy atom. The number of para-hydroxylation sites is 2. The summed E-state index contributed by atoms with van der Waals surface area (Å²) in [5, 5.41) is 0. The van der Waals surface area contributed by atoms with Gasteiger partial charge in [0.2, 0.25) is 11.7 Å². The molecule has 0 saturated carbocycles. The summed E-state index contributed by atoms with van der Waals surface area (Å²) in [6.07, 6.45) is 5.07. The second-order valence-corrected chi connectivity index (χ2v) is 7.15. The van der Waals surface area contributed by atoms with E-state index in [2.05, 4.69) is 4.98 Å². The number of ether oxygens (including phenoxy) is 4. The van der Waals surface area contributed by atoms with Crippen LogP contribution in [0.3, 0.4) is 0 Å². The molecule has 9 nitrogen and oxygen atoms in total. The minimum Gasteiger partial charge on any atom is -0.493 e. The maximum absolute atomic E-state index is 12.9. The zero-order chi connectivity index (χ0) is 22.7. The molecule has 0 radical (unpaired) electrons. The molecule has 1 aromatic heterocycles. The predicted molar refractivity (Wildman–Crippen MR) is 116 cm³/mol. The highest BCUT2D eigenvalue weighted by Gasteiger charge is 2.37. The first-order valence-corrected chi connectivity index (χ1v) is 9.95. The second-order valence-electron chi connectivity index (χ2n) is 7.15. The first-order chi connectivity index (χ1) is 15.5. The lowest BCUT2D eigenvalue weighted by molar-refractivity contribution is -0.139. The lowest BCUT2D eigenvalue weighted by Crippen LogP contribution is -2.27. The van der Waals surface area contributed by atoms with Crippen LogP contribution in [0.5, 0.6) is 23.0 Å². The molecule has 1 fully saturated rings. The van der Waals surface area contributed by atoms with Crippen molar-refractivity contribution in [2.24, 2.45) is 5.92 Å². The number of hydrogen-bond acceptors (Lipinski definition) is 7. The summed E-state index contributed by atoms with van der Waals surface area (Å²) in [5.74, 6) is 0.402. The Hall–Kier alpha value is -4.01. The van der Waals surface area contributed by atoms with Crippen molar-refractivity contribution < 1.29 is 28.5 Å². The molecule has 1 unspecified atom stereocenters. The molecule has 0 bridgehead atoms. The summed E-state index contributed by atoms with van der Waals surface area (Å²) < 4.78 is 23.5. The molecule has 0 N–H and O–H groups in total. The highest BCUT2D eigenvalue weighted by molar-refractivity contribution is 6.00. The second kappa shape index (κ2) is 9.01. The monoisotopic (exact) mass is 437 g/mol. The van der Waals surface area contributed by atoms with Crippen LogP contribution >= 0.6 is 0 Å². The molecule has 166 valence electrons.